The van der Waals surface area contributed by atoms with Crippen molar-refractivity contribution in [2.24, 2.45) is 0 Å². The highest BCUT2D eigenvalue weighted by atomic mass is 31.2. The molecule has 0 bridgehead atoms. The molecule has 180 valence electrons. The summed E-state index contributed by atoms with van der Waals surface area (Å²) in [6.07, 6.45) is 1.86. The summed E-state index contributed by atoms with van der Waals surface area (Å²) >= 11 is 0. The van der Waals surface area contributed by atoms with E-state index in [1.807, 2.05) is 85.1 Å². The Balaban J connectivity index is 1.44. The topological polar surface area (TPSA) is 30.0 Å². The first kappa shape index (κ1) is 22.7. The zero-order chi connectivity index (χ0) is 25.5. The van der Waals surface area contributed by atoms with Crippen LogP contribution in [-0.2, 0) is 4.57 Å². The van der Waals surface area contributed by atoms with Gasteiger partial charge in [0, 0.05) is 32.9 Å². The second-order valence-electron chi connectivity index (χ2n) is 9.53. The van der Waals surface area contributed by atoms with Crippen molar-refractivity contribution in [3.8, 4) is 11.1 Å². The van der Waals surface area contributed by atoms with Gasteiger partial charge < -0.3 is 4.57 Å². The van der Waals surface area contributed by atoms with Gasteiger partial charge in [-0.25, -0.2) is 0 Å². The van der Waals surface area contributed by atoms with E-state index < -0.39 is 7.14 Å². The molecule has 0 amide bonds. The van der Waals surface area contributed by atoms with Crippen molar-refractivity contribution in [1.82, 2.24) is 4.98 Å². The standard InChI is InChI=1S/C35H24NOP/c37-38(27-11-3-1-4-12-27,28-13-5-2-6-14-28)29-20-17-26(18-21-29)33-24-34-30-15-8-7-10-25(30)19-22-32(34)35-31(33)16-9-23-36-35/h1-24H. The molecule has 0 fully saturated rings. The number of rotatable bonds is 4. The van der Waals surface area contributed by atoms with Gasteiger partial charge in [-0.2, -0.15) is 0 Å². The molecule has 7 aromatic rings. The lowest BCUT2D eigenvalue weighted by Crippen LogP contribution is -2.24. The van der Waals surface area contributed by atoms with Crippen LogP contribution in [0, 0.1) is 0 Å². The Morgan fingerprint density at radius 3 is 1.79 bits per heavy atom. The minimum Gasteiger partial charge on any atom is -0.309 e. The monoisotopic (exact) mass is 505 g/mol. The predicted octanol–water partition coefficient (Wildman–Crippen LogP) is 7.85. The Kier molecular flexibility index (Phi) is 5.43. The minimum atomic E-state index is -3.02. The quantitative estimate of drug-likeness (QED) is 0.180. The first-order valence-electron chi connectivity index (χ1n) is 12.7. The van der Waals surface area contributed by atoms with E-state index in [1.165, 1.54) is 16.2 Å². The normalized spacial score (nSPS) is 11.8. The Morgan fingerprint density at radius 1 is 0.474 bits per heavy atom. The molecule has 1 aromatic heterocycles. The van der Waals surface area contributed by atoms with E-state index in [9.17, 15) is 4.57 Å². The van der Waals surface area contributed by atoms with Gasteiger partial charge in [0.1, 0.15) is 0 Å². The van der Waals surface area contributed by atoms with Crippen LogP contribution in [0.25, 0.3) is 43.6 Å². The summed E-state index contributed by atoms with van der Waals surface area (Å²) in [7, 11) is -3.02. The molecule has 1 heterocycles. The molecule has 7 rings (SSSR count). The molecule has 0 saturated carbocycles. The van der Waals surface area contributed by atoms with Gasteiger partial charge in [0.2, 0.25) is 0 Å². The fourth-order valence-corrected chi connectivity index (χ4v) is 8.18. The highest BCUT2D eigenvalue weighted by Gasteiger charge is 2.29. The third kappa shape index (κ3) is 3.57. The van der Waals surface area contributed by atoms with Crippen molar-refractivity contribution < 1.29 is 4.57 Å². The molecule has 0 N–H and O–H groups in total. The van der Waals surface area contributed by atoms with Crippen LogP contribution < -0.4 is 15.9 Å². The average molecular weight is 506 g/mol. The van der Waals surface area contributed by atoms with Crippen LogP contribution in [0.2, 0.25) is 0 Å². The van der Waals surface area contributed by atoms with Gasteiger partial charge in [0.05, 0.1) is 5.52 Å². The van der Waals surface area contributed by atoms with Crippen molar-refractivity contribution in [3.63, 3.8) is 0 Å². The molecule has 0 aliphatic rings. The van der Waals surface area contributed by atoms with Gasteiger partial charge in [-0.15, -0.1) is 0 Å². The van der Waals surface area contributed by atoms with Gasteiger partial charge in [-0.3, -0.25) is 4.98 Å². The van der Waals surface area contributed by atoms with E-state index >= 15 is 0 Å². The van der Waals surface area contributed by atoms with E-state index in [-0.39, 0.29) is 0 Å². The van der Waals surface area contributed by atoms with Gasteiger partial charge in [-0.1, -0.05) is 127 Å². The molecule has 0 aliphatic carbocycles. The summed E-state index contributed by atoms with van der Waals surface area (Å²) in [5.41, 5.74) is 3.20. The molecule has 2 nitrogen and oxygen atoms in total. The van der Waals surface area contributed by atoms with Crippen LogP contribution in [0.1, 0.15) is 0 Å². The molecule has 0 radical (unpaired) electrons. The van der Waals surface area contributed by atoms with Crippen molar-refractivity contribution >= 4 is 55.5 Å². The maximum atomic E-state index is 14.8. The summed E-state index contributed by atoms with van der Waals surface area (Å²) in [5.74, 6) is 0. The second kappa shape index (κ2) is 9.10. The zero-order valence-electron chi connectivity index (χ0n) is 20.7. The minimum absolute atomic E-state index is 0.826. The number of fused-ring (bicyclic) bond motifs is 5. The maximum Gasteiger partial charge on any atom is 0.171 e. The second-order valence-corrected chi connectivity index (χ2v) is 12.3. The van der Waals surface area contributed by atoms with Crippen molar-refractivity contribution in [2.75, 3.05) is 0 Å². The van der Waals surface area contributed by atoms with Crippen molar-refractivity contribution in [3.05, 3.63) is 146 Å². The molecule has 3 heteroatoms. The summed E-state index contributed by atoms with van der Waals surface area (Å²) in [6.45, 7) is 0. The molecular formula is C35H24NOP. The van der Waals surface area contributed by atoms with E-state index in [1.54, 1.807) is 0 Å². The molecule has 0 saturated heterocycles. The van der Waals surface area contributed by atoms with Gasteiger partial charge in [0.15, 0.2) is 7.14 Å². The fourth-order valence-electron chi connectivity index (χ4n) is 5.53. The number of hydrogen-bond donors (Lipinski definition) is 0. The van der Waals surface area contributed by atoms with E-state index in [0.29, 0.717) is 0 Å². The summed E-state index contributed by atoms with van der Waals surface area (Å²) in [4.78, 5) is 4.79. The molecule has 0 atom stereocenters. The third-order valence-electron chi connectivity index (χ3n) is 7.39. The predicted molar refractivity (Wildman–Crippen MR) is 162 cm³/mol. The maximum absolute atomic E-state index is 14.8. The van der Waals surface area contributed by atoms with Crippen molar-refractivity contribution in [2.45, 2.75) is 0 Å². The van der Waals surface area contributed by atoms with Gasteiger partial charge >= 0.3 is 0 Å². The number of pyridine rings is 1. The summed E-state index contributed by atoms with van der Waals surface area (Å²) < 4.78 is 14.8. The van der Waals surface area contributed by atoms with Crippen LogP contribution >= 0.6 is 7.14 Å². The Labute approximate surface area is 221 Å². The largest absolute Gasteiger partial charge is 0.309 e. The fraction of sp³-hybridized carbons (Fsp3) is 0. The van der Waals surface area contributed by atoms with Crippen LogP contribution in [0.5, 0.6) is 0 Å². The van der Waals surface area contributed by atoms with Gasteiger partial charge in [-0.05, 0) is 39.4 Å². The van der Waals surface area contributed by atoms with E-state index in [0.717, 1.165) is 43.3 Å². The molecule has 6 aromatic carbocycles. The van der Waals surface area contributed by atoms with E-state index in [4.69, 9.17) is 4.98 Å². The number of hydrogen-bond acceptors (Lipinski definition) is 2. The van der Waals surface area contributed by atoms with Crippen LogP contribution in [0.4, 0.5) is 0 Å². The van der Waals surface area contributed by atoms with Crippen LogP contribution in [-0.4, -0.2) is 4.98 Å². The number of benzene rings is 6. The lowest BCUT2D eigenvalue weighted by Gasteiger charge is -2.20. The molecular weight excluding hydrogens is 481 g/mol. The highest BCUT2D eigenvalue weighted by molar-refractivity contribution is 7.85. The molecule has 38 heavy (non-hydrogen) atoms. The summed E-state index contributed by atoms with van der Waals surface area (Å²) in [5, 5.41) is 8.38. The Morgan fingerprint density at radius 2 is 1.08 bits per heavy atom. The molecule has 0 aliphatic heterocycles. The first-order valence-corrected chi connectivity index (χ1v) is 14.5. The van der Waals surface area contributed by atoms with Gasteiger partial charge in [0.25, 0.3) is 0 Å². The lowest BCUT2D eigenvalue weighted by atomic mass is 9.93. The first-order chi connectivity index (χ1) is 18.7. The van der Waals surface area contributed by atoms with Crippen molar-refractivity contribution in [1.29, 1.82) is 0 Å². The average Bonchev–Trinajstić information content (AvgIpc) is 3.01. The van der Waals surface area contributed by atoms with Crippen LogP contribution in [0.3, 0.4) is 0 Å². The smallest absolute Gasteiger partial charge is 0.171 e. The Hall–Kier alpha value is -4.52. The lowest BCUT2D eigenvalue weighted by molar-refractivity contribution is 0.592. The SMILES string of the molecule is O=P(c1ccccc1)(c1ccccc1)c1ccc(-c2cc3c4ccccc4ccc3c3ncccc23)cc1. The van der Waals surface area contributed by atoms with E-state index in [2.05, 4.69) is 60.7 Å². The molecule has 0 unspecified atom stereocenters. The Bertz CT molecular complexity index is 1940. The highest BCUT2D eigenvalue weighted by Crippen LogP contribution is 2.43. The number of nitrogens with zero attached hydrogens (tertiary/aromatic N) is 1. The molecule has 0 spiro atoms. The summed E-state index contributed by atoms with van der Waals surface area (Å²) in [6, 6.07) is 47.1. The number of aromatic nitrogens is 1. The zero-order valence-corrected chi connectivity index (χ0v) is 21.6. The third-order valence-corrected chi connectivity index (χ3v) is 10.5. The van der Waals surface area contributed by atoms with Crippen LogP contribution in [0.15, 0.2) is 146 Å².